The lowest BCUT2D eigenvalue weighted by Gasteiger charge is -1.94. The number of hydrogen-bond acceptors (Lipinski definition) is 5. The molecule has 0 amide bonds. The van der Waals surface area contributed by atoms with Crippen molar-refractivity contribution >= 4 is 29.1 Å². The third-order valence-electron chi connectivity index (χ3n) is 2.04. The summed E-state index contributed by atoms with van der Waals surface area (Å²) in [5, 5.41) is 8.75. The molecule has 2 aromatic heterocycles. The Kier molecular flexibility index (Phi) is 3.75. The highest BCUT2D eigenvalue weighted by molar-refractivity contribution is 8.01. The van der Waals surface area contributed by atoms with Crippen LogP contribution in [0.1, 0.15) is 10.6 Å². The van der Waals surface area contributed by atoms with Gasteiger partial charge in [-0.3, -0.25) is 9.78 Å². The standard InChI is InChI=1S/C11H10N2O2S2/c1-7-9(6-10(14)15)17-11(13-7)16-8-2-4-12-5-3-8/h2-5H,6H2,1H3,(H,14,15). The minimum atomic E-state index is -0.822. The van der Waals surface area contributed by atoms with Crippen LogP contribution in [0.2, 0.25) is 0 Å². The Morgan fingerprint density at radius 1 is 1.47 bits per heavy atom. The molecule has 0 aliphatic carbocycles. The van der Waals surface area contributed by atoms with Crippen LogP contribution in [-0.2, 0) is 11.2 Å². The van der Waals surface area contributed by atoms with Gasteiger partial charge < -0.3 is 5.11 Å². The Labute approximate surface area is 107 Å². The van der Waals surface area contributed by atoms with Crippen molar-refractivity contribution in [2.24, 2.45) is 0 Å². The number of thiazole rings is 1. The molecule has 0 aromatic carbocycles. The van der Waals surface area contributed by atoms with E-state index in [4.69, 9.17) is 5.11 Å². The molecule has 6 heteroatoms. The molecule has 2 rings (SSSR count). The first-order valence-electron chi connectivity index (χ1n) is 4.91. The first kappa shape index (κ1) is 12.1. The highest BCUT2D eigenvalue weighted by Crippen LogP contribution is 2.32. The Hall–Kier alpha value is -1.40. The third-order valence-corrected chi connectivity index (χ3v) is 4.27. The van der Waals surface area contributed by atoms with Gasteiger partial charge in [0.15, 0.2) is 4.34 Å². The van der Waals surface area contributed by atoms with Crippen LogP contribution < -0.4 is 0 Å². The van der Waals surface area contributed by atoms with Crippen molar-refractivity contribution in [1.29, 1.82) is 0 Å². The molecule has 4 nitrogen and oxygen atoms in total. The lowest BCUT2D eigenvalue weighted by atomic mass is 10.3. The molecule has 0 spiro atoms. The molecule has 0 aliphatic rings. The minimum absolute atomic E-state index is 0.0421. The molecule has 2 aromatic rings. The number of aliphatic carboxylic acids is 1. The quantitative estimate of drug-likeness (QED) is 0.921. The second kappa shape index (κ2) is 5.29. The topological polar surface area (TPSA) is 63.1 Å². The number of aryl methyl sites for hydroxylation is 1. The van der Waals surface area contributed by atoms with E-state index in [0.29, 0.717) is 0 Å². The second-order valence-corrected chi connectivity index (χ2v) is 5.75. The van der Waals surface area contributed by atoms with Crippen molar-refractivity contribution < 1.29 is 9.90 Å². The zero-order valence-electron chi connectivity index (χ0n) is 9.08. The molecule has 0 atom stereocenters. The lowest BCUT2D eigenvalue weighted by molar-refractivity contribution is -0.136. The minimum Gasteiger partial charge on any atom is -0.481 e. The maximum absolute atomic E-state index is 10.7. The molecule has 88 valence electrons. The van der Waals surface area contributed by atoms with Gasteiger partial charge in [-0.1, -0.05) is 11.8 Å². The van der Waals surface area contributed by atoms with Gasteiger partial charge in [0.2, 0.25) is 0 Å². The van der Waals surface area contributed by atoms with Crippen molar-refractivity contribution in [1.82, 2.24) is 9.97 Å². The first-order valence-corrected chi connectivity index (χ1v) is 6.54. The molecular weight excluding hydrogens is 256 g/mol. The van der Waals surface area contributed by atoms with Crippen LogP contribution in [0.3, 0.4) is 0 Å². The van der Waals surface area contributed by atoms with Crippen LogP contribution in [0, 0.1) is 6.92 Å². The summed E-state index contributed by atoms with van der Waals surface area (Å²) >= 11 is 2.96. The van der Waals surface area contributed by atoms with Crippen molar-refractivity contribution in [2.45, 2.75) is 22.6 Å². The number of carbonyl (C=O) groups is 1. The smallest absolute Gasteiger partial charge is 0.308 e. The van der Waals surface area contributed by atoms with Gasteiger partial charge >= 0.3 is 5.97 Å². The number of aromatic nitrogens is 2. The average Bonchev–Trinajstić information content (AvgIpc) is 2.59. The zero-order chi connectivity index (χ0) is 12.3. The van der Waals surface area contributed by atoms with E-state index in [1.165, 1.54) is 23.1 Å². The summed E-state index contributed by atoms with van der Waals surface area (Å²) in [6, 6.07) is 3.80. The highest BCUT2D eigenvalue weighted by Gasteiger charge is 2.11. The predicted octanol–water partition coefficient (Wildman–Crippen LogP) is 2.62. The monoisotopic (exact) mass is 266 g/mol. The predicted molar refractivity (Wildman–Crippen MR) is 66.6 cm³/mol. The summed E-state index contributed by atoms with van der Waals surface area (Å²) in [6.45, 7) is 1.84. The Balaban J connectivity index is 2.15. The van der Waals surface area contributed by atoms with Gasteiger partial charge in [0, 0.05) is 22.2 Å². The zero-order valence-corrected chi connectivity index (χ0v) is 10.7. The average molecular weight is 266 g/mol. The fraction of sp³-hybridized carbons (Fsp3) is 0.182. The second-order valence-electron chi connectivity index (χ2n) is 3.34. The lowest BCUT2D eigenvalue weighted by Crippen LogP contribution is -1.99. The summed E-state index contributed by atoms with van der Waals surface area (Å²) in [7, 11) is 0. The summed E-state index contributed by atoms with van der Waals surface area (Å²) in [5.41, 5.74) is 0.800. The van der Waals surface area contributed by atoms with Gasteiger partial charge in [0.25, 0.3) is 0 Å². The molecule has 0 unspecified atom stereocenters. The summed E-state index contributed by atoms with van der Waals surface area (Å²) in [6.07, 6.45) is 3.49. The maximum atomic E-state index is 10.7. The molecule has 17 heavy (non-hydrogen) atoms. The number of hydrogen-bond donors (Lipinski definition) is 1. The van der Waals surface area contributed by atoms with Gasteiger partial charge in [-0.25, -0.2) is 4.98 Å². The maximum Gasteiger partial charge on any atom is 0.308 e. The van der Waals surface area contributed by atoms with Crippen LogP contribution in [0.5, 0.6) is 0 Å². The molecule has 0 radical (unpaired) electrons. The van der Waals surface area contributed by atoms with Crippen molar-refractivity contribution in [3.8, 4) is 0 Å². The fourth-order valence-electron chi connectivity index (χ4n) is 1.25. The molecule has 2 heterocycles. The van der Waals surface area contributed by atoms with Gasteiger partial charge in [-0.15, -0.1) is 11.3 Å². The molecule has 0 saturated heterocycles. The number of carboxylic acid groups (broad SMARTS) is 1. The van der Waals surface area contributed by atoms with Gasteiger partial charge in [-0.2, -0.15) is 0 Å². The molecule has 0 aliphatic heterocycles. The summed E-state index contributed by atoms with van der Waals surface area (Å²) in [4.78, 5) is 20.8. The van der Waals surface area contributed by atoms with Crippen LogP contribution >= 0.6 is 23.1 Å². The highest BCUT2D eigenvalue weighted by atomic mass is 32.2. The third kappa shape index (κ3) is 3.28. The van der Waals surface area contributed by atoms with Gasteiger partial charge in [0.05, 0.1) is 12.1 Å². The van der Waals surface area contributed by atoms with Crippen molar-refractivity contribution in [3.63, 3.8) is 0 Å². The van der Waals surface area contributed by atoms with E-state index in [2.05, 4.69) is 9.97 Å². The van der Waals surface area contributed by atoms with Gasteiger partial charge in [0.1, 0.15) is 0 Å². The van der Waals surface area contributed by atoms with E-state index < -0.39 is 5.97 Å². The van der Waals surface area contributed by atoms with E-state index >= 15 is 0 Å². The van der Waals surface area contributed by atoms with Crippen LogP contribution in [0.15, 0.2) is 33.8 Å². The fourth-order valence-corrected chi connectivity index (χ4v) is 3.43. The molecule has 1 N–H and O–H groups in total. The van der Waals surface area contributed by atoms with E-state index in [1.54, 1.807) is 12.4 Å². The van der Waals surface area contributed by atoms with Crippen molar-refractivity contribution in [2.75, 3.05) is 0 Å². The molecular formula is C11H10N2O2S2. The van der Waals surface area contributed by atoms with Crippen LogP contribution in [0.4, 0.5) is 0 Å². The largest absolute Gasteiger partial charge is 0.481 e. The Morgan fingerprint density at radius 2 is 2.18 bits per heavy atom. The molecule has 0 fully saturated rings. The van der Waals surface area contributed by atoms with E-state index in [-0.39, 0.29) is 6.42 Å². The Bertz CT molecular complexity index is 526. The molecule has 0 bridgehead atoms. The summed E-state index contributed by atoms with van der Waals surface area (Å²) < 4.78 is 0.866. The molecule has 0 saturated carbocycles. The first-order chi connectivity index (χ1) is 8.15. The van der Waals surface area contributed by atoms with E-state index in [1.807, 2.05) is 19.1 Å². The summed E-state index contributed by atoms with van der Waals surface area (Å²) in [5.74, 6) is -0.822. The number of rotatable bonds is 4. The van der Waals surface area contributed by atoms with Crippen LogP contribution in [-0.4, -0.2) is 21.0 Å². The van der Waals surface area contributed by atoms with Gasteiger partial charge in [-0.05, 0) is 19.1 Å². The SMILES string of the molecule is Cc1nc(Sc2ccncc2)sc1CC(=O)O. The Morgan fingerprint density at radius 3 is 2.82 bits per heavy atom. The normalized spacial score (nSPS) is 10.4. The number of pyridine rings is 1. The number of nitrogens with zero attached hydrogens (tertiary/aromatic N) is 2. The number of carboxylic acids is 1. The van der Waals surface area contributed by atoms with E-state index in [0.717, 1.165) is 19.8 Å². The van der Waals surface area contributed by atoms with Crippen molar-refractivity contribution in [3.05, 3.63) is 35.1 Å². The van der Waals surface area contributed by atoms with Crippen LogP contribution in [0.25, 0.3) is 0 Å². The van der Waals surface area contributed by atoms with E-state index in [9.17, 15) is 4.79 Å².